The van der Waals surface area contributed by atoms with Crippen LogP contribution in [0.25, 0.3) is 10.9 Å². The number of rotatable bonds is 5. The topological polar surface area (TPSA) is 83.9 Å². The molecule has 0 saturated heterocycles. The van der Waals surface area contributed by atoms with Crippen LogP contribution in [-0.4, -0.2) is 37.6 Å². The maximum absolute atomic E-state index is 13.2. The molecule has 2 aromatic carbocycles. The maximum atomic E-state index is 13.2. The average molecular weight is 401 g/mol. The smallest absolute Gasteiger partial charge is 0.258 e. The molecule has 7 heteroatoms. The van der Waals surface area contributed by atoms with Crippen LogP contribution in [0.5, 0.6) is 0 Å². The Balaban J connectivity index is 1.58. The lowest BCUT2D eigenvalue weighted by molar-refractivity contribution is 0.0780. The lowest BCUT2D eigenvalue weighted by atomic mass is 10.1. The minimum absolute atomic E-state index is 0.153. The van der Waals surface area contributed by atoms with Crippen LogP contribution < -0.4 is 5.56 Å². The van der Waals surface area contributed by atoms with Crippen molar-refractivity contribution in [3.63, 3.8) is 0 Å². The number of fused-ring (bicyclic) bond motifs is 1. The number of hydrogen-bond donors (Lipinski definition) is 1. The largest absolute Gasteiger partial charge is 0.334 e. The molecule has 0 aliphatic carbocycles. The number of benzene rings is 2. The quantitative estimate of drug-likeness (QED) is 0.557. The number of para-hydroxylation sites is 1. The van der Waals surface area contributed by atoms with E-state index in [9.17, 15) is 9.59 Å². The van der Waals surface area contributed by atoms with E-state index in [1.165, 1.54) is 0 Å². The molecular formula is C23H23N5O2. The standard InChI is InChI=1S/C23H23N5O2/c1-15-21(16(2)28(26-15)13-17-9-5-4-6-10-17)23(30)27(3)14-20-24-19-12-8-7-11-18(19)22(29)25-20/h4-12H,13-14H2,1-3H3,(H,24,25,29). The van der Waals surface area contributed by atoms with Crippen LogP contribution in [0.3, 0.4) is 0 Å². The molecule has 2 aromatic heterocycles. The van der Waals surface area contributed by atoms with Gasteiger partial charge in [-0.1, -0.05) is 42.5 Å². The van der Waals surface area contributed by atoms with Crippen LogP contribution in [0.2, 0.25) is 0 Å². The van der Waals surface area contributed by atoms with Crippen molar-refractivity contribution >= 4 is 16.8 Å². The van der Waals surface area contributed by atoms with Crippen molar-refractivity contribution < 1.29 is 4.79 Å². The fraction of sp³-hybridized carbons (Fsp3) is 0.217. The molecule has 0 saturated carbocycles. The molecule has 0 unspecified atom stereocenters. The number of nitrogens with zero attached hydrogens (tertiary/aromatic N) is 4. The van der Waals surface area contributed by atoms with Crippen molar-refractivity contribution in [3.05, 3.63) is 93.3 Å². The number of aromatic nitrogens is 4. The van der Waals surface area contributed by atoms with Gasteiger partial charge in [0.1, 0.15) is 5.82 Å². The number of hydrogen-bond acceptors (Lipinski definition) is 4. The van der Waals surface area contributed by atoms with Gasteiger partial charge in [-0.15, -0.1) is 0 Å². The highest BCUT2D eigenvalue weighted by atomic mass is 16.2. The number of carbonyl (C=O) groups is 1. The second-order valence-electron chi connectivity index (χ2n) is 7.38. The molecule has 4 aromatic rings. The van der Waals surface area contributed by atoms with Crippen molar-refractivity contribution in [3.8, 4) is 0 Å². The van der Waals surface area contributed by atoms with Gasteiger partial charge in [0.25, 0.3) is 11.5 Å². The first kappa shape index (κ1) is 19.6. The normalized spacial score (nSPS) is 11.0. The molecule has 30 heavy (non-hydrogen) atoms. The second-order valence-corrected chi connectivity index (χ2v) is 7.38. The summed E-state index contributed by atoms with van der Waals surface area (Å²) in [5.41, 5.74) is 3.60. The molecule has 0 atom stereocenters. The van der Waals surface area contributed by atoms with Gasteiger partial charge >= 0.3 is 0 Å². The first-order valence-electron chi connectivity index (χ1n) is 9.75. The maximum Gasteiger partial charge on any atom is 0.258 e. The molecule has 1 N–H and O–H groups in total. The van der Waals surface area contributed by atoms with Crippen LogP contribution >= 0.6 is 0 Å². The molecule has 0 aliphatic rings. The summed E-state index contributed by atoms with van der Waals surface area (Å²) in [6.45, 7) is 4.54. The summed E-state index contributed by atoms with van der Waals surface area (Å²) < 4.78 is 1.85. The highest BCUT2D eigenvalue weighted by Gasteiger charge is 2.22. The molecule has 0 spiro atoms. The summed E-state index contributed by atoms with van der Waals surface area (Å²) in [5, 5.41) is 5.10. The van der Waals surface area contributed by atoms with E-state index in [1.54, 1.807) is 30.1 Å². The highest BCUT2D eigenvalue weighted by Crippen LogP contribution is 2.17. The van der Waals surface area contributed by atoms with E-state index in [-0.39, 0.29) is 18.0 Å². The number of aryl methyl sites for hydroxylation is 1. The SMILES string of the molecule is Cc1nn(Cc2ccccc2)c(C)c1C(=O)N(C)Cc1nc2ccccc2c(=O)[nH]1. The molecule has 152 valence electrons. The molecule has 0 bridgehead atoms. The van der Waals surface area contributed by atoms with E-state index < -0.39 is 0 Å². The zero-order valence-electron chi connectivity index (χ0n) is 17.2. The van der Waals surface area contributed by atoms with Crippen molar-refractivity contribution in [2.45, 2.75) is 26.9 Å². The number of carbonyl (C=O) groups excluding carboxylic acids is 1. The molecule has 1 amide bonds. The Morgan fingerprint density at radius 1 is 1.07 bits per heavy atom. The fourth-order valence-corrected chi connectivity index (χ4v) is 3.61. The summed E-state index contributed by atoms with van der Waals surface area (Å²) in [4.78, 5) is 34.3. The summed E-state index contributed by atoms with van der Waals surface area (Å²) in [6.07, 6.45) is 0. The van der Waals surface area contributed by atoms with E-state index in [1.807, 2.05) is 54.9 Å². The monoisotopic (exact) mass is 401 g/mol. The highest BCUT2D eigenvalue weighted by molar-refractivity contribution is 5.96. The van der Waals surface area contributed by atoms with Crippen molar-refractivity contribution in [2.75, 3.05) is 7.05 Å². The van der Waals surface area contributed by atoms with Gasteiger partial charge in [-0.2, -0.15) is 5.10 Å². The van der Waals surface area contributed by atoms with E-state index in [0.717, 1.165) is 11.3 Å². The molecule has 7 nitrogen and oxygen atoms in total. The van der Waals surface area contributed by atoms with Crippen LogP contribution in [0.15, 0.2) is 59.4 Å². The minimum Gasteiger partial charge on any atom is -0.334 e. The zero-order chi connectivity index (χ0) is 21.3. The van der Waals surface area contributed by atoms with Gasteiger partial charge < -0.3 is 9.88 Å². The van der Waals surface area contributed by atoms with Gasteiger partial charge in [-0.3, -0.25) is 14.3 Å². The minimum atomic E-state index is -0.209. The first-order chi connectivity index (χ1) is 14.4. The fourth-order valence-electron chi connectivity index (χ4n) is 3.61. The lowest BCUT2D eigenvalue weighted by Gasteiger charge is -2.17. The Morgan fingerprint density at radius 3 is 2.53 bits per heavy atom. The van der Waals surface area contributed by atoms with Gasteiger partial charge in [0.15, 0.2) is 0 Å². The van der Waals surface area contributed by atoms with Crippen LogP contribution in [-0.2, 0) is 13.1 Å². The van der Waals surface area contributed by atoms with Gasteiger partial charge in [0.2, 0.25) is 0 Å². The Kier molecular flexibility index (Phi) is 5.18. The van der Waals surface area contributed by atoms with Crippen LogP contribution in [0.1, 0.15) is 33.1 Å². The second kappa shape index (κ2) is 7.94. The summed E-state index contributed by atoms with van der Waals surface area (Å²) in [6, 6.07) is 17.2. The molecule has 0 fully saturated rings. The Bertz CT molecular complexity index is 1270. The number of amides is 1. The average Bonchev–Trinajstić information content (AvgIpc) is 3.01. The Morgan fingerprint density at radius 2 is 1.77 bits per heavy atom. The predicted octanol–water partition coefficient (Wildman–Crippen LogP) is 3.06. The molecule has 2 heterocycles. The third kappa shape index (κ3) is 3.74. The first-order valence-corrected chi connectivity index (χ1v) is 9.75. The summed E-state index contributed by atoms with van der Waals surface area (Å²) in [5.74, 6) is 0.293. The van der Waals surface area contributed by atoms with Crippen molar-refractivity contribution in [1.82, 2.24) is 24.6 Å². The van der Waals surface area contributed by atoms with Gasteiger partial charge in [0, 0.05) is 12.7 Å². The summed E-state index contributed by atoms with van der Waals surface area (Å²) in [7, 11) is 1.70. The number of aromatic amines is 1. The molecular weight excluding hydrogens is 378 g/mol. The summed E-state index contributed by atoms with van der Waals surface area (Å²) >= 11 is 0. The van der Waals surface area contributed by atoms with E-state index in [2.05, 4.69) is 15.1 Å². The van der Waals surface area contributed by atoms with Gasteiger partial charge in [-0.25, -0.2) is 4.98 Å². The van der Waals surface area contributed by atoms with E-state index in [4.69, 9.17) is 0 Å². The van der Waals surface area contributed by atoms with Crippen LogP contribution in [0.4, 0.5) is 0 Å². The molecule has 4 rings (SSSR count). The predicted molar refractivity (Wildman–Crippen MR) is 115 cm³/mol. The Labute approximate surface area is 174 Å². The van der Waals surface area contributed by atoms with Gasteiger partial charge in [-0.05, 0) is 31.5 Å². The van der Waals surface area contributed by atoms with Gasteiger partial charge in [0.05, 0.1) is 35.2 Å². The van der Waals surface area contributed by atoms with Crippen LogP contribution in [0, 0.1) is 13.8 Å². The van der Waals surface area contributed by atoms with Crippen molar-refractivity contribution in [2.24, 2.45) is 0 Å². The number of H-pyrrole nitrogens is 1. The number of nitrogens with one attached hydrogen (secondary N) is 1. The molecule has 0 aliphatic heterocycles. The Hall–Kier alpha value is -3.74. The third-order valence-electron chi connectivity index (χ3n) is 5.17. The van der Waals surface area contributed by atoms with E-state index >= 15 is 0 Å². The molecule has 0 radical (unpaired) electrons. The van der Waals surface area contributed by atoms with Crippen molar-refractivity contribution in [1.29, 1.82) is 0 Å². The zero-order valence-corrected chi connectivity index (χ0v) is 17.2. The third-order valence-corrected chi connectivity index (χ3v) is 5.17. The lowest BCUT2D eigenvalue weighted by Crippen LogP contribution is -2.29. The van der Waals surface area contributed by atoms with E-state index in [0.29, 0.717) is 34.5 Å².